The van der Waals surface area contributed by atoms with Gasteiger partial charge in [0, 0.05) is 11.8 Å². The first kappa shape index (κ1) is 12.7. The van der Waals surface area contributed by atoms with Crippen LogP contribution < -0.4 is 10.9 Å². The van der Waals surface area contributed by atoms with Gasteiger partial charge in [-0.25, -0.2) is 4.98 Å². The number of H-pyrrole nitrogens is 1. The molecule has 1 aliphatic rings. The zero-order chi connectivity index (χ0) is 13.1. The van der Waals surface area contributed by atoms with Gasteiger partial charge >= 0.3 is 0 Å². The highest BCUT2D eigenvalue weighted by molar-refractivity contribution is 7.99. The first-order chi connectivity index (χ1) is 9.33. The number of hydrogen-bond acceptors (Lipinski definition) is 4. The molecule has 2 heterocycles. The molecule has 0 spiro atoms. The zero-order valence-corrected chi connectivity index (χ0v) is 11.5. The second kappa shape index (κ2) is 5.75. The van der Waals surface area contributed by atoms with Crippen LogP contribution in [-0.2, 0) is 6.54 Å². The van der Waals surface area contributed by atoms with Crippen LogP contribution in [0.25, 0.3) is 10.9 Å². The van der Waals surface area contributed by atoms with Gasteiger partial charge in [0.2, 0.25) is 0 Å². The topological polar surface area (TPSA) is 57.8 Å². The van der Waals surface area contributed by atoms with E-state index in [-0.39, 0.29) is 5.56 Å². The third kappa shape index (κ3) is 2.98. The van der Waals surface area contributed by atoms with Crippen molar-refractivity contribution in [1.82, 2.24) is 15.3 Å². The number of nitrogens with one attached hydrogen (secondary N) is 2. The standard InChI is InChI=1S/C14H17N3OS/c18-14-11-5-1-2-6-12(11)16-13(17-14)8-15-10-4-3-7-19-9-10/h1-2,5-6,10,15H,3-4,7-9H2,(H,16,17,18)/t10-/m1/s1. The normalized spacial score (nSPS) is 19.7. The Labute approximate surface area is 116 Å². The predicted octanol–water partition coefficient (Wildman–Crippen LogP) is 1.91. The smallest absolute Gasteiger partial charge is 0.258 e. The van der Waals surface area contributed by atoms with E-state index in [0.717, 1.165) is 17.1 Å². The number of para-hydroxylation sites is 1. The van der Waals surface area contributed by atoms with Crippen LogP contribution in [0.3, 0.4) is 0 Å². The van der Waals surface area contributed by atoms with Crippen molar-refractivity contribution in [2.75, 3.05) is 11.5 Å². The second-order valence-corrected chi connectivity index (χ2v) is 5.97. The number of thioether (sulfide) groups is 1. The molecule has 1 saturated heterocycles. The van der Waals surface area contributed by atoms with E-state index in [4.69, 9.17) is 0 Å². The number of fused-ring (bicyclic) bond motifs is 1. The molecule has 0 saturated carbocycles. The quantitative estimate of drug-likeness (QED) is 0.898. The largest absolute Gasteiger partial charge is 0.309 e. The number of nitrogens with zero attached hydrogens (tertiary/aromatic N) is 1. The highest BCUT2D eigenvalue weighted by Crippen LogP contribution is 2.17. The Kier molecular flexibility index (Phi) is 3.84. The van der Waals surface area contributed by atoms with E-state index in [1.165, 1.54) is 18.6 Å². The molecule has 100 valence electrons. The molecule has 19 heavy (non-hydrogen) atoms. The lowest BCUT2D eigenvalue weighted by Crippen LogP contribution is -2.34. The summed E-state index contributed by atoms with van der Waals surface area (Å²) in [6.07, 6.45) is 2.48. The Morgan fingerprint density at radius 2 is 2.32 bits per heavy atom. The van der Waals surface area contributed by atoms with E-state index in [9.17, 15) is 4.79 Å². The molecule has 1 aromatic carbocycles. The number of benzene rings is 1. The SMILES string of the molecule is O=c1[nH]c(CN[C@@H]2CCCSC2)nc2ccccc12. The average molecular weight is 275 g/mol. The molecule has 0 radical (unpaired) electrons. The minimum atomic E-state index is -0.0552. The minimum absolute atomic E-state index is 0.0552. The Hall–Kier alpha value is -1.33. The summed E-state index contributed by atoms with van der Waals surface area (Å²) in [5, 5.41) is 4.13. The molecule has 0 aliphatic carbocycles. The van der Waals surface area contributed by atoms with E-state index in [1.54, 1.807) is 6.07 Å². The van der Waals surface area contributed by atoms with Crippen LogP contribution >= 0.6 is 11.8 Å². The Morgan fingerprint density at radius 3 is 3.16 bits per heavy atom. The summed E-state index contributed by atoms with van der Waals surface area (Å²) < 4.78 is 0. The molecular formula is C14H17N3OS. The summed E-state index contributed by atoms with van der Waals surface area (Å²) in [7, 11) is 0. The van der Waals surface area contributed by atoms with Crippen molar-refractivity contribution >= 4 is 22.7 Å². The first-order valence-corrected chi connectivity index (χ1v) is 7.77. The summed E-state index contributed by atoms with van der Waals surface area (Å²) in [5.41, 5.74) is 0.710. The van der Waals surface area contributed by atoms with Crippen molar-refractivity contribution in [2.45, 2.75) is 25.4 Å². The molecule has 1 aromatic heterocycles. The summed E-state index contributed by atoms with van der Waals surface area (Å²) in [6.45, 7) is 0.630. The van der Waals surface area contributed by atoms with Crippen LogP contribution in [0, 0.1) is 0 Å². The van der Waals surface area contributed by atoms with Crippen LogP contribution in [0.2, 0.25) is 0 Å². The Balaban J connectivity index is 1.75. The van der Waals surface area contributed by atoms with Crippen molar-refractivity contribution < 1.29 is 0 Å². The molecule has 1 aliphatic heterocycles. The van der Waals surface area contributed by atoms with Crippen molar-refractivity contribution in [3.05, 3.63) is 40.4 Å². The van der Waals surface area contributed by atoms with Gasteiger partial charge < -0.3 is 10.3 Å². The molecule has 0 unspecified atom stereocenters. The average Bonchev–Trinajstić information content (AvgIpc) is 2.46. The third-order valence-electron chi connectivity index (χ3n) is 3.38. The molecule has 0 bridgehead atoms. The van der Waals surface area contributed by atoms with Crippen LogP contribution in [-0.4, -0.2) is 27.5 Å². The maximum absolute atomic E-state index is 11.9. The van der Waals surface area contributed by atoms with Crippen molar-refractivity contribution in [1.29, 1.82) is 0 Å². The molecule has 0 amide bonds. The zero-order valence-electron chi connectivity index (χ0n) is 10.7. The van der Waals surface area contributed by atoms with Gasteiger partial charge in [0.25, 0.3) is 5.56 Å². The minimum Gasteiger partial charge on any atom is -0.309 e. The van der Waals surface area contributed by atoms with E-state index < -0.39 is 0 Å². The molecule has 2 aromatic rings. The molecule has 1 atom stereocenters. The van der Waals surface area contributed by atoms with Crippen molar-refractivity contribution in [3.8, 4) is 0 Å². The van der Waals surface area contributed by atoms with Crippen LogP contribution in [0.1, 0.15) is 18.7 Å². The molecule has 3 rings (SSSR count). The number of aromatic amines is 1. The molecule has 2 N–H and O–H groups in total. The fourth-order valence-electron chi connectivity index (χ4n) is 2.36. The monoisotopic (exact) mass is 275 g/mol. The van der Waals surface area contributed by atoms with E-state index in [0.29, 0.717) is 18.0 Å². The summed E-state index contributed by atoms with van der Waals surface area (Å²) in [4.78, 5) is 19.3. The first-order valence-electron chi connectivity index (χ1n) is 6.62. The van der Waals surface area contributed by atoms with Gasteiger partial charge in [0.05, 0.1) is 17.4 Å². The lowest BCUT2D eigenvalue weighted by Gasteiger charge is -2.22. The maximum atomic E-state index is 11.9. The lowest BCUT2D eigenvalue weighted by molar-refractivity contribution is 0.499. The van der Waals surface area contributed by atoms with Gasteiger partial charge in [-0.2, -0.15) is 11.8 Å². The van der Waals surface area contributed by atoms with Gasteiger partial charge in [0.15, 0.2) is 0 Å². The van der Waals surface area contributed by atoms with Crippen molar-refractivity contribution in [2.24, 2.45) is 0 Å². The Morgan fingerprint density at radius 1 is 1.42 bits per heavy atom. The van der Waals surface area contributed by atoms with E-state index in [2.05, 4.69) is 15.3 Å². The summed E-state index contributed by atoms with van der Waals surface area (Å²) in [5.74, 6) is 3.14. The Bertz CT molecular complexity index is 619. The number of aromatic nitrogens is 2. The summed E-state index contributed by atoms with van der Waals surface area (Å²) >= 11 is 1.99. The van der Waals surface area contributed by atoms with Gasteiger partial charge in [-0.1, -0.05) is 12.1 Å². The fourth-order valence-corrected chi connectivity index (χ4v) is 3.47. The van der Waals surface area contributed by atoms with E-state index in [1.807, 2.05) is 30.0 Å². The second-order valence-electron chi connectivity index (χ2n) is 4.82. The van der Waals surface area contributed by atoms with Crippen LogP contribution in [0.4, 0.5) is 0 Å². The highest BCUT2D eigenvalue weighted by atomic mass is 32.2. The predicted molar refractivity (Wildman–Crippen MR) is 79.6 cm³/mol. The lowest BCUT2D eigenvalue weighted by atomic mass is 10.2. The highest BCUT2D eigenvalue weighted by Gasteiger charge is 2.13. The van der Waals surface area contributed by atoms with E-state index >= 15 is 0 Å². The van der Waals surface area contributed by atoms with Gasteiger partial charge in [-0.3, -0.25) is 4.79 Å². The molecule has 1 fully saturated rings. The third-order valence-corrected chi connectivity index (χ3v) is 4.60. The van der Waals surface area contributed by atoms with Crippen LogP contribution in [0.5, 0.6) is 0 Å². The fraction of sp³-hybridized carbons (Fsp3) is 0.429. The number of rotatable bonds is 3. The molecule has 5 heteroatoms. The van der Waals surface area contributed by atoms with Gasteiger partial charge in [0.1, 0.15) is 5.82 Å². The molecular weight excluding hydrogens is 258 g/mol. The van der Waals surface area contributed by atoms with Crippen LogP contribution in [0.15, 0.2) is 29.1 Å². The molecule has 4 nitrogen and oxygen atoms in total. The number of hydrogen-bond donors (Lipinski definition) is 2. The maximum Gasteiger partial charge on any atom is 0.258 e. The summed E-state index contributed by atoms with van der Waals surface area (Å²) in [6, 6.07) is 7.98. The van der Waals surface area contributed by atoms with Gasteiger partial charge in [-0.15, -0.1) is 0 Å². The van der Waals surface area contributed by atoms with Crippen molar-refractivity contribution in [3.63, 3.8) is 0 Å². The van der Waals surface area contributed by atoms with Gasteiger partial charge in [-0.05, 0) is 30.7 Å².